The highest BCUT2D eigenvalue weighted by Gasteiger charge is 2.25. The Morgan fingerprint density at radius 3 is 2.89 bits per heavy atom. The number of aryl methyl sites for hydroxylation is 2. The molecule has 1 saturated heterocycles. The number of likely N-dealkylation sites (tertiary alicyclic amines) is 1. The number of aromatic nitrogens is 4. The minimum absolute atomic E-state index is 0.0512. The summed E-state index contributed by atoms with van der Waals surface area (Å²) in [6.07, 6.45) is 0.861. The molecule has 0 radical (unpaired) electrons. The maximum absolute atomic E-state index is 12.9. The van der Waals surface area contributed by atoms with Gasteiger partial charge in [-0.25, -0.2) is 9.50 Å². The maximum Gasteiger partial charge on any atom is 0.254 e. The first kappa shape index (κ1) is 17.9. The van der Waals surface area contributed by atoms with Gasteiger partial charge in [0, 0.05) is 41.8 Å². The fraction of sp³-hybridized carbons (Fsp3) is 0.368. The second-order valence-corrected chi connectivity index (χ2v) is 7.83. The van der Waals surface area contributed by atoms with Crippen molar-refractivity contribution in [2.75, 3.05) is 13.1 Å². The number of thioether (sulfide) groups is 1. The van der Waals surface area contributed by atoms with E-state index in [4.69, 9.17) is 5.73 Å². The fourth-order valence-electron chi connectivity index (χ4n) is 3.35. The van der Waals surface area contributed by atoms with Gasteiger partial charge in [0.05, 0.1) is 0 Å². The average Bonchev–Trinajstić information content (AvgIpc) is 3.26. The second kappa shape index (κ2) is 7.28. The van der Waals surface area contributed by atoms with E-state index in [-0.39, 0.29) is 11.9 Å². The van der Waals surface area contributed by atoms with Gasteiger partial charge in [-0.1, -0.05) is 30.0 Å². The number of nitrogens with two attached hydrogens (primary N) is 1. The zero-order chi connectivity index (χ0) is 19.0. The van der Waals surface area contributed by atoms with Crippen LogP contribution in [-0.2, 0) is 5.75 Å². The minimum atomic E-state index is 0.0512. The first-order valence-corrected chi connectivity index (χ1v) is 9.96. The SMILES string of the molecule is Cc1cc(C)n2nc(SCc3ccccc3C(=O)N3CC[C@@H](N)C3)nc2n1. The predicted molar refractivity (Wildman–Crippen MR) is 105 cm³/mol. The molecule has 0 unspecified atom stereocenters. The number of carbonyl (C=O) groups is 1. The van der Waals surface area contributed by atoms with Gasteiger partial charge in [0.1, 0.15) is 0 Å². The predicted octanol–water partition coefficient (Wildman–Crippen LogP) is 2.21. The van der Waals surface area contributed by atoms with Crippen LogP contribution >= 0.6 is 11.8 Å². The van der Waals surface area contributed by atoms with Gasteiger partial charge >= 0.3 is 0 Å². The van der Waals surface area contributed by atoms with E-state index < -0.39 is 0 Å². The summed E-state index contributed by atoms with van der Waals surface area (Å²) in [4.78, 5) is 23.6. The first-order chi connectivity index (χ1) is 13.0. The molecule has 3 heterocycles. The van der Waals surface area contributed by atoms with Crippen molar-refractivity contribution >= 4 is 23.4 Å². The minimum Gasteiger partial charge on any atom is -0.337 e. The van der Waals surface area contributed by atoms with E-state index >= 15 is 0 Å². The van der Waals surface area contributed by atoms with Crippen molar-refractivity contribution in [3.63, 3.8) is 0 Å². The molecule has 1 atom stereocenters. The summed E-state index contributed by atoms with van der Waals surface area (Å²) in [5, 5.41) is 5.18. The second-order valence-electron chi connectivity index (χ2n) is 6.89. The van der Waals surface area contributed by atoms with Gasteiger partial charge in [-0.3, -0.25) is 4.79 Å². The third-order valence-electron chi connectivity index (χ3n) is 4.72. The largest absolute Gasteiger partial charge is 0.337 e. The Hall–Kier alpha value is -2.45. The van der Waals surface area contributed by atoms with Crippen LogP contribution in [0.15, 0.2) is 35.5 Å². The van der Waals surface area contributed by atoms with Gasteiger partial charge in [0.25, 0.3) is 11.7 Å². The molecular weight excluding hydrogens is 360 g/mol. The van der Waals surface area contributed by atoms with Gasteiger partial charge in [0.2, 0.25) is 5.16 Å². The maximum atomic E-state index is 12.9. The van der Waals surface area contributed by atoms with Crippen LogP contribution in [-0.4, -0.2) is 49.5 Å². The Balaban J connectivity index is 1.54. The number of fused-ring (bicyclic) bond motifs is 1. The van der Waals surface area contributed by atoms with E-state index in [1.54, 1.807) is 4.52 Å². The van der Waals surface area contributed by atoms with Crippen molar-refractivity contribution in [2.24, 2.45) is 5.73 Å². The molecule has 0 bridgehead atoms. The average molecular weight is 382 g/mol. The van der Waals surface area contributed by atoms with Crippen LogP contribution in [0.25, 0.3) is 5.78 Å². The van der Waals surface area contributed by atoms with Crippen LogP contribution in [0.5, 0.6) is 0 Å². The summed E-state index contributed by atoms with van der Waals surface area (Å²) in [5.41, 5.74) is 9.58. The number of hydrogen-bond acceptors (Lipinski definition) is 6. The Morgan fingerprint density at radius 2 is 2.11 bits per heavy atom. The lowest BCUT2D eigenvalue weighted by Crippen LogP contribution is -2.32. The van der Waals surface area contributed by atoms with E-state index in [9.17, 15) is 4.79 Å². The smallest absolute Gasteiger partial charge is 0.254 e. The zero-order valence-electron chi connectivity index (χ0n) is 15.4. The van der Waals surface area contributed by atoms with Gasteiger partial charge < -0.3 is 10.6 Å². The molecule has 2 aromatic heterocycles. The highest BCUT2D eigenvalue weighted by atomic mass is 32.2. The van der Waals surface area contributed by atoms with Crippen molar-refractivity contribution in [3.8, 4) is 0 Å². The summed E-state index contributed by atoms with van der Waals surface area (Å²) in [6, 6.07) is 9.78. The van der Waals surface area contributed by atoms with E-state index in [0.717, 1.165) is 35.5 Å². The highest BCUT2D eigenvalue weighted by molar-refractivity contribution is 7.98. The molecule has 1 aromatic carbocycles. The van der Waals surface area contributed by atoms with Crippen LogP contribution in [0.2, 0.25) is 0 Å². The Labute approximate surface area is 162 Å². The van der Waals surface area contributed by atoms with Crippen molar-refractivity contribution in [1.29, 1.82) is 0 Å². The third kappa shape index (κ3) is 3.68. The number of hydrogen-bond donors (Lipinski definition) is 1. The van der Waals surface area contributed by atoms with Gasteiger partial charge in [-0.15, -0.1) is 5.10 Å². The van der Waals surface area contributed by atoms with Gasteiger partial charge in [0.15, 0.2) is 0 Å². The van der Waals surface area contributed by atoms with E-state index in [1.165, 1.54) is 11.8 Å². The van der Waals surface area contributed by atoms with Crippen molar-refractivity contribution in [3.05, 3.63) is 52.8 Å². The molecule has 4 rings (SSSR count). The lowest BCUT2D eigenvalue weighted by atomic mass is 10.1. The molecule has 7 nitrogen and oxygen atoms in total. The molecule has 140 valence electrons. The van der Waals surface area contributed by atoms with Crippen LogP contribution in [0.3, 0.4) is 0 Å². The quantitative estimate of drug-likeness (QED) is 0.696. The number of amides is 1. The van der Waals surface area contributed by atoms with E-state index in [2.05, 4.69) is 15.1 Å². The Morgan fingerprint density at radius 1 is 1.30 bits per heavy atom. The normalized spacial score (nSPS) is 17.0. The molecule has 1 aliphatic rings. The summed E-state index contributed by atoms with van der Waals surface area (Å²) >= 11 is 1.51. The molecule has 0 aliphatic carbocycles. The molecule has 0 spiro atoms. The molecule has 1 amide bonds. The number of carbonyl (C=O) groups excluding carboxylic acids is 1. The monoisotopic (exact) mass is 382 g/mol. The molecule has 27 heavy (non-hydrogen) atoms. The van der Waals surface area contributed by atoms with Crippen LogP contribution < -0.4 is 5.73 Å². The molecule has 2 N–H and O–H groups in total. The topological polar surface area (TPSA) is 89.4 Å². The summed E-state index contributed by atoms with van der Waals surface area (Å²) < 4.78 is 1.75. The third-order valence-corrected chi connectivity index (χ3v) is 5.60. The highest BCUT2D eigenvalue weighted by Crippen LogP contribution is 2.24. The molecule has 1 fully saturated rings. The van der Waals surface area contributed by atoms with Crippen LogP contribution in [0.4, 0.5) is 0 Å². The molecule has 8 heteroatoms. The summed E-state index contributed by atoms with van der Waals surface area (Å²) in [7, 11) is 0. The number of benzene rings is 1. The molecule has 0 saturated carbocycles. The Bertz CT molecular complexity index is 1000. The Kier molecular flexibility index (Phi) is 4.84. The summed E-state index contributed by atoms with van der Waals surface area (Å²) in [6.45, 7) is 5.28. The van der Waals surface area contributed by atoms with Crippen molar-refractivity contribution in [1.82, 2.24) is 24.5 Å². The van der Waals surface area contributed by atoms with E-state index in [0.29, 0.717) is 23.2 Å². The van der Waals surface area contributed by atoms with Crippen molar-refractivity contribution in [2.45, 2.75) is 37.2 Å². The van der Waals surface area contributed by atoms with Crippen LogP contribution in [0, 0.1) is 13.8 Å². The number of nitrogens with zero attached hydrogens (tertiary/aromatic N) is 5. The first-order valence-electron chi connectivity index (χ1n) is 8.98. The van der Waals surface area contributed by atoms with Gasteiger partial charge in [-0.05, 0) is 38.0 Å². The molecule has 3 aromatic rings. The molecule has 1 aliphatic heterocycles. The standard InChI is InChI=1S/C19H22N6OS/c1-12-9-13(2)25-18(21-12)22-19(23-25)27-11-14-5-3-4-6-16(14)17(26)24-8-7-15(20)10-24/h3-6,9,15H,7-8,10-11,20H2,1-2H3/t15-/m1/s1. The lowest BCUT2D eigenvalue weighted by Gasteiger charge is -2.17. The zero-order valence-corrected chi connectivity index (χ0v) is 16.2. The number of rotatable bonds is 4. The molecular formula is C19H22N6OS. The lowest BCUT2D eigenvalue weighted by molar-refractivity contribution is 0.0790. The summed E-state index contributed by atoms with van der Waals surface area (Å²) in [5.74, 6) is 1.28. The van der Waals surface area contributed by atoms with E-state index in [1.807, 2.05) is 49.1 Å². The van der Waals surface area contributed by atoms with Crippen molar-refractivity contribution < 1.29 is 4.79 Å². The fourth-order valence-corrected chi connectivity index (χ4v) is 4.17. The van der Waals surface area contributed by atoms with Gasteiger partial charge in [-0.2, -0.15) is 4.98 Å². The van der Waals surface area contributed by atoms with Crippen LogP contribution in [0.1, 0.15) is 33.7 Å².